The Balaban J connectivity index is 0.000000194. The van der Waals surface area contributed by atoms with Gasteiger partial charge in [-0.05, 0) is 97.5 Å². The lowest BCUT2D eigenvalue weighted by atomic mass is 9.82. The lowest BCUT2D eigenvalue weighted by molar-refractivity contribution is -0.138. The molecule has 0 fully saturated rings. The normalized spacial score (nSPS) is 15.2. The van der Waals surface area contributed by atoms with Gasteiger partial charge < -0.3 is 18.9 Å². The topological polar surface area (TPSA) is 207 Å². The van der Waals surface area contributed by atoms with Gasteiger partial charge in [-0.2, -0.15) is 26.3 Å². The number of benzene rings is 4. The molecule has 0 aliphatic carbocycles. The van der Waals surface area contributed by atoms with Gasteiger partial charge in [0, 0.05) is 70.7 Å². The summed E-state index contributed by atoms with van der Waals surface area (Å²) in [5.41, 5.74) is 2.47. The zero-order valence-corrected chi connectivity index (χ0v) is 43.5. The van der Waals surface area contributed by atoms with Crippen LogP contribution in [0.25, 0.3) is 22.3 Å². The van der Waals surface area contributed by atoms with Crippen molar-refractivity contribution in [2.24, 2.45) is 0 Å². The number of nitrogens with one attached hydrogen (secondary N) is 2. The molecule has 0 unspecified atom stereocenters. The van der Waals surface area contributed by atoms with E-state index in [9.17, 15) is 52.0 Å². The molecule has 80 heavy (non-hydrogen) atoms. The van der Waals surface area contributed by atoms with Crippen molar-refractivity contribution in [1.29, 1.82) is 0 Å². The number of alkyl halides is 6. The summed E-state index contributed by atoms with van der Waals surface area (Å²) in [6.07, 6.45) is -1.98. The van der Waals surface area contributed by atoms with E-state index in [0.717, 1.165) is 49.1 Å². The van der Waals surface area contributed by atoms with Crippen molar-refractivity contribution in [3.63, 3.8) is 0 Å². The Bertz CT molecular complexity index is 3510. The molecule has 8 aromatic rings. The first-order valence-electron chi connectivity index (χ1n) is 24.2. The summed E-state index contributed by atoms with van der Waals surface area (Å²) < 4.78 is 186. The number of anilines is 2. The molecule has 0 saturated heterocycles. The number of rotatable bonds is 14. The van der Waals surface area contributed by atoms with E-state index >= 15 is 0 Å². The molecule has 0 saturated carbocycles. The predicted molar refractivity (Wildman–Crippen MR) is 274 cm³/mol. The van der Waals surface area contributed by atoms with Crippen molar-refractivity contribution >= 4 is 31.9 Å². The fraction of sp³-hybridized carbons (Fsp3) is 0.222. The average molecular weight is 1150 g/mol. The lowest BCUT2D eigenvalue weighted by Crippen LogP contribution is -2.19. The number of halogens is 8. The summed E-state index contributed by atoms with van der Waals surface area (Å²) in [6, 6.07) is 22.1. The minimum absolute atomic E-state index is 0.150. The molecule has 0 radical (unpaired) electrons. The Kier molecular flexibility index (Phi) is 16.2. The highest BCUT2D eigenvalue weighted by molar-refractivity contribution is 7.93. The first-order chi connectivity index (χ1) is 38.1. The van der Waals surface area contributed by atoms with Crippen LogP contribution in [-0.4, -0.2) is 73.2 Å². The number of aromatic nitrogens is 6. The largest absolute Gasteiger partial charge is 0.493 e. The van der Waals surface area contributed by atoms with E-state index in [1.54, 1.807) is 50.2 Å². The molecule has 416 valence electrons. The molecule has 10 rings (SSSR count). The minimum atomic E-state index is -4.55. The third kappa shape index (κ3) is 12.8. The molecule has 26 heteroatoms. The molecule has 0 bridgehead atoms. The summed E-state index contributed by atoms with van der Waals surface area (Å²) >= 11 is 0. The molecular formula is C54H44F8N8O8S2. The second-order valence-corrected chi connectivity index (χ2v) is 21.0. The molecule has 16 nitrogen and oxygen atoms in total. The Morgan fingerprint density at radius 2 is 0.875 bits per heavy atom. The van der Waals surface area contributed by atoms with Crippen LogP contribution in [0.1, 0.15) is 71.9 Å². The smallest absolute Gasteiger partial charge is 0.416 e. The Hall–Kier alpha value is -8.52. The molecule has 0 spiro atoms. The van der Waals surface area contributed by atoms with Crippen molar-refractivity contribution in [3.8, 4) is 45.5 Å². The molecule has 2 atom stereocenters. The zero-order chi connectivity index (χ0) is 57.0. The van der Waals surface area contributed by atoms with E-state index in [2.05, 4.69) is 39.3 Å². The first-order valence-corrected chi connectivity index (χ1v) is 27.2. The van der Waals surface area contributed by atoms with Crippen molar-refractivity contribution in [2.45, 2.75) is 60.7 Å². The minimum Gasteiger partial charge on any atom is -0.493 e. The summed E-state index contributed by atoms with van der Waals surface area (Å²) in [5, 5.41) is 0. The van der Waals surface area contributed by atoms with Gasteiger partial charge in [-0.15, -0.1) is 0 Å². The van der Waals surface area contributed by atoms with E-state index in [1.807, 2.05) is 0 Å². The summed E-state index contributed by atoms with van der Waals surface area (Å²) in [4.78, 5) is 22.5. The summed E-state index contributed by atoms with van der Waals surface area (Å²) in [5.74, 6) is -1.60. The van der Waals surface area contributed by atoms with E-state index in [-0.39, 0.29) is 46.4 Å². The maximum atomic E-state index is 13.6. The number of nitrogens with zero attached hydrogens (tertiary/aromatic N) is 6. The Morgan fingerprint density at radius 1 is 0.500 bits per heavy atom. The van der Waals surface area contributed by atoms with Gasteiger partial charge in [0.1, 0.15) is 11.5 Å². The van der Waals surface area contributed by atoms with Crippen molar-refractivity contribution < 1.29 is 70.9 Å². The molecule has 2 aliphatic heterocycles. The molecular weight excluding hydrogens is 1100 g/mol. The fourth-order valence-corrected chi connectivity index (χ4v) is 10.9. The molecule has 6 heterocycles. The number of sulfonamides is 2. The number of ether oxygens (including phenoxy) is 4. The van der Waals surface area contributed by atoms with E-state index in [1.165, 1.54) is 48.8 Å². The van der Waals surface area contributed by atoms with Gasteiger partial charge in [0.05, 0.1) is 72.1 Å². The van der Waals surface area contributed by atoms with Crippen LogP contribution < -0.4 is 28.4 Å². The number of hydrogen-bond acceptors (Lipinski definition) is 14. The van der Waals surface area contributed by atoms with Gasteiger partial charge in [0.25, 0.3) is 20.0 Å². The maximum Gasteiger partial charge on any atom is 0.416 e. The van der Waals surface area contributed by atoms with Gasteiger partial charge >= 0.3 is 12.4 Å². The highest BCUT2D eigenvalue weighted by Gasteiger charge is 2.36. The predicted octanol–water partition coefficient (Wildman–Crippen LogP) is 11.6. The molecule has 0 amide bonds. The quantitative estimate of drug-likeness (QED) is 0.0972. The molecule has 4 aromatic heterocycles. The monoisotopic (exact) mass is 1150 g/mol. The van der Waals surface area contributed by atoms with Crippen LogP contribution in [-0.2, 0) is 32.4 Å². The van der Waals surface area contributed by atoms with Crippen LogP contribution >= 0.6 is 0 Å². The van der Waals surface area contributed by atoms with Crippen molar-refractivity contribution in [3.05, 3.63) is 179 Å². The van der Waals surface area contributed by atoms with Gasteiger partial charge in [-0.3, -0.25) is 0 Å². The lowest BCUT2D eigenvalue weighted by Gasteiger charge is -2.29. The van der Waals surface area contributed by atoms with Gasteiger partial charge in [0.15, 0.2) is 11.6 Å². The number of hydrogen-bond donors (Lipinski definition) is 2. The number of fused-ring (bicyclic) bond motifs is 2. The molecule has 2 aliphatic rings. The van der Waals surface area contributed by atoms with Gasteiger partial charge in [0.2, 0.25) is 23.7 Å². The van der Waals surface area contributed by atoms with Crippen molar-refractivity contribution in [2.75, 3.05) is 35.9 Å². The van der Waals surface area contributed by atoms with Gasteiger partial charge in [-0.25, -0.2) is 65.0 Å². The zero-order valence-electron chi connectivity index (χ0n) is 41.9. The third-order valence-corrected chi connectivity index (χ3v) is 15.2. The van der Waals surface area contributed by atoms with Crippen molar-refractivity contribution in [1.82, 2.24) is 29.9 Å². The van der Waals surface area contributed by atoms with Crippen LogP contribution in [0.15, 0.2) is 144 Å². The van der Waals surface area contributed by atoms with E-state index < -0.39 is 67.0 Å². The van der Waals surface area contributed by atoms with Crippen LogP contribution in [0.5, 0.6) is 23.3 Å². The molecule has 4 aromatic carbocycles. The van der Waals surface area contributed by atoms with Crippen LogP contribution in [0.3, 0.4) is 0 Å². The van der Waals surface area contributed by atoms with E-state index in [4.69, 9.17) is 18.9 Å². The highest BCUT2D eigenvalue weighted by atomic mass is 32.2. The van der Waals surface area contributed by atoms with Crippen LogP contribution in [0.4, 0.5) is 47.0 Å². The van der Waals surface area contributed by atoms with Crippen LogP contribution in [0, 0.1) is 11.6 Å². The SMILES string of the molecule is CCOc1ccc(-c2cc(C(F)(F)F)ccc2[C@@H]2CCOc3cc(S(=O)(=O)Nc4ncc(F)cn4)ccc32)cn1.CCOc1ccc(-c2cc(C(F)(F)F)ccc2[C@H]2CCOc3cc(S(=O)(=O)Nc4ncc(F)cn4)ccc32)cn1. The molecule has 2 N–H and O–H groups in total. The first kappa shape index (κ1) is 56.2. The third-order valence-electron chi connectivity index (χ3n) is 12.6. The number of pyridine rings is 2. The summed E-state index contributed by atoms with van der Waals surface area (Å²) in [6.45, 7) is 4.79. The van der Waals surface area contributed by atoms with E-state index in [0.29, 0.717) is 82.3 Å². The average Bonchev–Trinajstić information content (AvgIpc) is 3.52. The maximum absolute atomic E-state index is 13.6. The second kappa shape index (κ2) is 23.1. The summed E-state index contributed by atoms with van der Waals surface area (Å²) in [7, 11) is -8.29. The standard InChI is InChI=1S/2C27H22F4N4O4S/c2*1-2-38-25-8-3-16(13-32-25)23-11-17(27(29,30)31)4-6-20(23)21-9-10-39-24-12-19(5-7-22(21)24)40(36,37)35-26-33-14-18(28)15-34-26/h2*3-8,11-15,21H,2,9-10H2,1H3,(H,33,34,35)/t2*21-/m10/s1. The highest BCUT2D eigenvalue weighted by Crippen LogP contribution is 2.47. The van der Waals surface area contributed by atoms with Crippen LogP contribution in [0.2, 0.25) is 0 Å². The van der Waals surface area contributed by atoms with Gasteiger partial charge in [-0.1, -0.05) is 24.3 Å². The second-order valence-electron chi connectivity index (χ2n) is 17.7. The fourth-order valence-electron chi connectivity index (χ4n) is 8.93. The Labute approximate surface area is 452 Å². The Morgan fingerprint density at radius 3 is 1.21 bits per heavy atom.